The van der Waals surface area contributed by atoms with E-state index in [9.17, 15) is 13.2 Å². The highest BCUT2D eigenvalue weighted by Gasteiger charge is 2.30. The van der Waals surface area contributed by atoms with E-state index in [-0.39, 0.29) is 5.75 Å². The Labute approximate surface area is 129 Å². The van der Waals surface area contributed by atoms with Crippen molar-refractivity contribution < 1.29 is 17.9 Å². The average Bonchev–Trinajstić information content (AvgIpc) is 2.40. The van der Waals surface area contributed by atoms with Crippen molar-refractivity contribution in [2.24, 2.45) is 0 Å². The fourth-order valence-corrected chi connectivity index (χ4v) is 2.17. The Hall–Kier alpha value is -1.69. The van der Waals surface area contributed by atoms with Gasteiger partial charge in [0.2, 0.25) is 0 Å². The molecule has 21 heavy (non-hydrogen) atoms. The molecule has 0 aliphatic carbocycles. The molecule has 0 heterocycles. The maximum atomic E-state index is 12.1. The van der Waals surface area contributed by atoms with Gasteiger partial charge in [0.15, 0.2) is 0 Å². The molecule has 2 aromatic rings. The molecule has 112 valence electrons. The Morgan fingerprint density at radius 3 is 2.38 bits per heavy atom. The van der Waals surface area contributed by atoms with Gasteiger partial charge in [0.25, 0.3) is 0 Å². The number of rotatable bonds is 4. The summed E-state index contributed by atoms with van der Waals surface area (Å²) in [6.07, 6.45) is -4.66. The standard InChI is InChI=1S/C15H13BrF3NO/c1-10-2-7-13(16)14(8-10)20-9-11-3-5-12(6-4-11)21-15(17,18)19/h2-8,20H,9H2,1H3. The second-order valence-electron chi connectivity index (χ2n) is 4.53. The third kappa shape index (κ3) is 4.97. The molecule has 2 aromatic carbocycles. The van der Waals surface area contributed by atoms with E-state index < -0.39 is 6.36 Å². The first-order valence-electron chi connectivity index (χ1n) is 6.18. The van der Waals surface area contributed by atoms with Crippen molar-refractivity contribution >= 4 is 21.6 Å². The molecule has 2 nitrogen and oxygen atoms in total. The molecule has 1 N–H and O–H groups in total. The number of benzene rings is 2. The van der Waals surface area contributed by atoms with Crippen LogP contribution in [0.3, 0.4) is 0 Å². The highest BCUT2D eigenvalue weighted by atomic mass is 79.9. The van der Waals surface area contributed by atoms with Crippen LogP contribution in [-0.4, -0.2) is 6.36 Å². The zero-order valence-corrected chi connectivity index (χ0v) is 12.8. The fraction of sp³-hybridized carbons (Fsp3) is 0.200. The highest BCUT2D eigenvalue weighted by Crippen LogP contribution is 2.25. The molecule has 0 aliphatic rings. The van der Waals surface area contributed by atoms with Crippen LogP contribution in [0, 0.1) is 6.92 Å². The van der Waals surface area contributed by atoms with Gasteiger partial charge in [0, 0.05) is 16.7 Å². The van der Waals surface area contributed by atoms with Crippen LogP contribution in [0.25, 0.3) is 0 Å². The second-order valence-corrected chi connectivity index (χ2v) is 5.38. The van der Waals surface area contributed by atoms with Crippen molar-refractivity contribution in [1.29, 1.82) is 0 Å². The monoisotopic (exact) mass is 359 g/mol. The van der Waals surface area contributed by atoms with E-state index in [1.807, 2.05) is 25.1 Å². The van der Waals surface area contributed by atoms with Gasteiger partial charge in [-0.3, -0.25) is 0 Å². The largest absolute Gasteiger partial charge is 0.573 e. The van der Waals surface area contributed by atoms with E-state index in [4.69, 9.17) is 0 Å². The predicted octanol–water partition coefficient (Wildman–Crippen LogP) is 5.27. The molecule has 6 heteroatoms. The van der Waals surface area contributed by atoms with Crippen molar-refractivity contribution in [3.63, 3.8) is 0 Å². The molecular formula is C15H13BrF3NO. The topological polar surface area (TPSA) is 21.3 Å². The van der Waals surface area contributed by atoms with Crippen LogP contribution in [0.2, 0.25) is 0 Å². The lowest BCUT2D eigenvalue weighted by atomic mass is 10.2. The van der Waals surface area contributed by atoms with Crippen molar-refractivity contribution in [2.45, 2.75) is 19.8 Å². The zero-order valence-electron chi connectivity index (χ0n) is 11.2. The Bertz CT molecular complexity index is 611. The van der Waals surface area contributed by atoms with E-state index in [0.29, 0.717) is 6.54 Å². The van der Waals surface area contributed by atoms with E-state index in [1.165, 1.54) is 12.1 Å². The van der Waals surface area contributed by atoms with Gasteiger partial charge in [0.1, 0.15) is 5.75 Å². The quantitative estimate of drug-likeness (QED) is 0.802. The molecule has 0 amide bonds. The minimum Gasteiger partial charge on any atom is -0.406 e. The summed E-state index contributed by atoms with van der Waals surface area (Å²) in [6, 6.07) is 11.7. The first-order chi connectivity index (χ1) is 9.83. The summed E-state index contributed by atoms with van der Waals surface area (Å²) in [5.41, 5.74) is 2.91. The van der Waals surface area contributed by atoms with E-state index in [0.717, 1.165) is 21.3 Å². The summed E-state index contributed by atoms with van der Waals surface area (Å²) in [5, 5.41) is 3.23. The van der Waals surface area contributed by atoms with Gasteiger partial charge in [-0.2, -0.15) is 0 Å². The third-order valence-corrected chi connectivity index (χ3v) is 3.45. The molecule has 0 bridgehead atoms. The van der Waals surface area contributed by atoms with Gasteiger partial charge >= 0.3 is 6.36 Å². The summed E-state index contributed by atoms with van der Waals surface area (Å²) < 4.78 is 40.9. The Kier molecular flexibility index (Phi) is 4.77. The van der Waals surface area contributed by atoms with E-state index in [1.54, 1.807) is 12.1 Å². The number of anilines is 1. The summed E-state index contributed by atoms with van der Waals surface area (Å²) >= 11 is 3.44. The molecule has 0 atom stereocenters. The number of halogens is 4. The van der Waals surface area contributed by atoms with Crippen LogP contribution in [0.15, 0.2) is 46.9 Å². The SMILES string of the molecule is Cc1ccc(Br)c(NCc2ccc(OC(F)(F)F)cc2)c1. The number of aryl methyl sites for hydroxylation is 1. The minimum atomic E-state index is -4.66. The maximum Gasteiger partial charge on any atom is 0.573 e. The second kappa shape index (κ2) is 6.39. The van der Waals surface area contributed by atoms with Gasteiger partial charge in [-0.1, -0.05) is 18.2 Å². The predicted molar refractivity (Wildman–Crippen MR) is 79.3 cm³/mol. The number of hydrogen-bond acceptors (Lipinski definition) is 2. The van der Waals surface area contributed by atoms with Crippen molar-refractivity contribution in [2.75, 3.05) is 5.32 Å². The van der Waals surface area contributed by atoms with Crippen LogP contribution >= 0.6 is 15.9 Å². The molecule has 0 fully saturated rings. The first kappa shape index (κ1) is 15.7. The van der Waals surface area contributed by atoms with Crippen LogP contribution in [0.5, 0.6) is 5.75 Å². The lowest BCUT2D eigenvalue weighted by molar-refractivity contribution is -0.274. The van der Waals surface area contributed by atoms with Gasteiger partial charge in [-0.25, -0.2) is 0 Å². The Balaban J connectivity index is 1.99. The van der Waals surface area contributed by atoms with Gasteiger partial charge < -0.3 is 10.1 Å². The Morgan fingerprint density at radius 2 is 1.76 bits per heavy atom. The molecular weight excluding hydrogens is 347 g/mol. The van der Waals surface area contributed by atoms with Crippen LogP contribution in [0.1, 0.15) is 11.1 Å². The molecule has 0 saturated heterocycles. The normalized spacial score (nSPS) is 11.3. The maximum absolute atomic E-state index is 12.1. The van der Waals surface area contributed by atoms with Crippen LogP contribution in [-0.2, 0) is 6.54 Å². The van der Waals surface area contributed by atoms with Crippen LogP contribution < -0.4 is 10.1 Å². The van der Waals surface area contributed by atoms with Gasteiger partial charge in [-0.05, 0) is 58.2 Å². The highest BCUT2D eigenvalue weighted by molar-refractivity contribution is 9.10. The summed E-state index contributed by atoms with van der Waals surface area (Å²) in [5.74, 6) is -0.219. The molecule has 0 aliphatic heterocycles. The third-order valence-electron chi connectivity index (χ3n) is 2.76. The van der Waals surface area contributed by atoms with Crippen molar-refractivity contribution in [3.05, 3.63) is 58.1 Å². The molecule has 0 spiro atoms. The molecule has 2 rings (SSSR count). The summed E-state index contributed by atoms with van der Waals surface area (Å²) in [6.45, 7) is 2.50. The Morgan fingerprint density at radius 1 is 1.10 bits per heavy atom. The van der Waals surface area contributed by atoms with Crippen LogP contribution in [0.4, 0.5) is 18.9 Å². The molecule has 0 unspecified atom stereocenters. The number of ether oxygens (including phenoxy) is 1. The van der Waals surface area contributed by atoms with Crippen molar-refractivity contribution in [3.8, 4) is 5.75 Å². The van der Waals surface area contributed by atoms with E-state index in [2.05, 4.69) is 26.0 Å². The fourth-order valence-electron chi connectivity index (χ4n) is 1.78. The number of nitrogens with one attached hydrogen (secondary N) is 1. The van der Waals surface area contributed by atoms with Gasteiger partial charge in [-0.15, -0.1) is 13.2 Å². The average molecular weight is 360 g/mol. The first-order valence-corrected chi connectivity index (χ1v) is 6.97. The number of alkyl halides is 3. The summed E-state index contributed by atoms with van der Waals surface area (Å²) in [7, 11) is 0. The smallest absolute Gasteiger partial charge is 0.406 e. The molecule has 0 aromatic heterocycles. The zero-order chi connectivity index (χ0) is 15.5. The van der Waals surface area contributed by atoms with Gasteiger partial charge in [0.05, 0.1) is 0 Å². The van der Waals surface area contributed by atoms with E-state index >= 15 is 0 Å². The summed E-state index contributed by atoms with van der Waals surface area (Å²) in [4.78, 5) is 0. The number of hydrogen-bond donors (Lipinski definition) is 1. The van der Waals surface area contributed by atoms with Crippen molar-refractivity contribution in [1.82, 2.24) is 0 Å². The minimum absolute atomic E-state index is 0.219. The lowest BCUT2D eigenvalue weighted by Gasteiger charge is -2.11. The molecule has 0 saturated carbocycles. The molecule has 0 radical (unpaired) electrons. The lowest BCUT2D eigenvalue weighted by Crippen LogP contribution is -2.17.